The minimum Gasteiger partial charge on any atom is -0.468 e. The molecular weight excluding hydrogens is 178 g/mol. The molecule has 0 rings (SSSR count). The van der Waals surface area contributed by atoms with E-state index < -0.39 is 0 Å². The summed E-state index contributed by atoms with van der Waals surface area (Å²) in [6, 6.07) is 0.549. The van der Waals surface area contributed by atoms with Crippen molar-refractivity contribution in [3.05, 3.63) is 0 Å². The summed E-state index contributed by atoms with van der Waals surface area (Å²) in [5.41, 5.74) is 0. The molecule has 14 heavy (non-hydrogen) atoms. The zero-order valence-electron chi connectivity index (χ0n) is 9.50. The predicted octanol–water partition coefficient (Wildman–Crippen LogP) is 2.30. The summed E-state index contributed by atoms with van der Waals surface area (Å²) in [5, 5.41) is 0. The van der Waals surface area contributed by atoms with Crippen LogP contribution in [-0.2, 0) is 9.53 Å². The Balaban J connectivity index is 0. The molecule has 0 radical (unpaired) electrons. The van der Waals surface area contributed by atoms with Gasteiger partial charge in [0.15, 0.2) is 0 Å². The van der Waals surface area contributed by atoms with Crippen molar-refractivity contribution in [2.24, 2.45) is 0 Å². The first kappa shape index (κ1) is 15.9. The zero-order valence-corrected chi connectivity index (χ0v) is 9.50. The largest absolute Gasteiger partial charge is 0.468 e. The van der Waals surface area contributed by atoms with Crippen molar-refractivity contribution in [2.45, 2.75) is 60.2 Å². The maximum Gasteiger partial charge on any atom is 0.322 e. The van der Waals surface area contributed by atoms with Gasteiger partial charge >= 0.3 is 5.97 Å². The monoisotopic (exact) mass is 203 g/mol. The van der Waals surface area contributed by atoms with Gasteiger partial charge in [0.05, 0.1) is 7.11 Å². The van der Waals surface area contributed by atoms with Gasteiger partial charge in [0.2, 0.25) is 0 Å². The number of rotatable bonds is 4. The Bertz CT molecular complexity index is 159. The lowest BCUT2D eigenvalue weighted by Crippen LogP contribution is -2.47. The van der Waals surface area contributed by atoms with Crippen molar-refractivity contribution in [3.63, 3.8) is 0 Å². The van der Waals surface area contributed by atoms with Crippen molar-refractivity contribution in [3.8, 4) is 0 Å². The molecule has 0 aliphatic carbocycles. The molecule has 0 heterocycles. The molecule has 3 nitrogen and oxygen atoms in total. The van der Waals surface area contributed by atoms with E-state index in [1.54, 1.807) is 0 Å². The molecule has 0 aromatic heterocycles. The standard InChI is InChI=1S/C10H21NO2.CH4/c1-7(2)11(8(3)4)9(5)10(12)13-6;/h7-9H,1-6H3;1H4/t9-;/m1./s1. The van der Waals surface area contributed by atoms with Gasteiger partial charge in [-0.15, -0.1) is 0 Å². The summed E-state index contributed by atoms with van der Waals surface area (Å²) < 4.78 is 4.71. The predicted molar refractivity (Wildman–Crippen MR) is 60.3 cm³/mol. The van der Waals surface area contributed by atoms with Crippen LogP contribution in [-0.4, -0.2) is 36.1 Å². The minimum atomic E-state index is -0.164. The van der Waals surface area contributed by atoms with Gasteiger partial charge in [-0.05, 0) is 34.6 Å². The molecule has 1 atom stereocenters. The molecule has 0 unspecified atom stereocenters. The lowest BCUT2D eigenvalue weighted by molar-refractivity contribution is -0.147. The second-order valence-corrected chi connectivity index (χ2v) is 3.83. The molecule has 0 aliphatic rings. The number of hydrogen-bond donors (Lipinski definition) is 0. The van der Waals surface area contributed by atoms with Gasteiger partial charge in [0.25, 0.3) is 0 Å². The maximum atomic E-state index is 11.3. The Labute approximate surface area is 88.4 Å². The highest BCUT2D eigenvalue weighted by Crippen LogP contribution is 2.11. The van der Waals surface area contributed by atoms with Crippen LogP contribution in [0, 0.1) is 0 Å². The van der Waals surface area contributed by atoms with E-state index in [9.17, 15) is 4.79 Å². The quantitative estimate of drug-likeness (QED) is 0.657. The van der Waals surface area contributed by atoms with Gasteiger partial charge in [-0.2, -0.15) is 0 Å². The fourth-order valence-corrected chi connectivity index (χ4v) is 1.78. The van der Waals surface area contributed by atoms with Gasteiger partial charge in [-0.1, -0.05) is 7.43 Å². The van der Waals surface area contributed by atoms with Crippen LogP contribution in [0.5, 0.6) is 0 Å². The lowest BCUT2D eigenvalue weighted by Gasteiger charge is -2.34. The average molecular weight is 203 g/mol. The fraction of sp³-hybridized carbons (Fsp3) is 0.909. The summed E-state index contributed by atoms with van der Waals surface area (Å²) in [7, 11) is 1.43. The molecule has 3 heteroatoms. The van der Waals surface area contributed by atoms with E-state index in [1.165, 1.54) is 7.11 Å². The van der Waals surface area contributed by atoms with Crippen LogP contribution in [0.25, 0.3) is 0 Å². The second-order valence-electron chi connectivity index (χ2n) is 3.83. The van der Waals surface area contributed by atoms with E-state index in [2.05, 4.69) is 32.6 Å². The molecule has 0 N–H and O–H groups in total. The van der Waals surface area contributed by atoms with Crippen molar-refractivity contribution in [1.29, 1.82) is 0 Å². The van der Waals surface area contributed by atoms with Crippen LogP contribution in [0.1, 0.15) is 42.0 Å². The average Bonchev–Trinajstić information content (AvgIpc) is 2.01. The van der Waals surface area contributed by atoms with Crippen molar-refractivity contribution >= 4 is 5.97 Å². The van der Waals surface area contributed by atoms with Crippen LogP contribution in [0.4, 0.5) is 0 Å². The molecule has 0 fully saturated rings. The van der Waals surface area contributed by atoms with Crippen LogP contribution >= 0.6 is 0 Å². The van der Waals surface area contributed by atoms with Crippen LogP contribution in [0.3, 0.4) is 0 Å². The number of nitrogens with zero attached hydrogens (tertiary/aromatic N) is 1. The third-order valence-electron chi connectivity index (χ3n) is 2.18. The highest BCUT2D eigenvalue weighted by Gasteiger charge is 2.26. The summed E-state index contributed by atoms with van der Waals surface area (Å²) >= 11 is 0. The summed E-state index contributed by atoms with van der Waals surface area (Å²) in [6.45, 7) is 10.2. The van der Waals surface area contributed by atoms with E-state index in [0.717, 1.165) is 0 Å². The van der Waals surface area contributed by atoms with Crippen molar-refractivity contribution < 1.29 is 9.53 Å². The number of methoxy groups -OCH3 is 1. The van der Waals surface area contributed by atoms with E-state index in [4.69, 9.17) is 4.74 Å². The van der Waals surface area contributed by atoms with Crippen LogP contribution in [0.15, 0.2) is 0 Å². The minimum absolute atomic E-state index is 0. The molecule has 0 saturated heterocycles. The van der Waals surface area contributed by atoms with E-state index in [1.807, 2.05) is 6.92 Å². The maximum absolute atomic E-state index is 11.3. The normalized spacial score (nSPS) is 12.9. The molecule has 0 bridgehead atoms. The Morgan fingerprint density at radius 2 is 1.43 bits per heavy atom. The Morgan fingerprint density at radius 3 is 1.64 bits per heavy atom. The first-order valence-corrected chi connectivity index (χ1v) is 4.77. The molecule has 86 valence electrons. The number of carbonyl (C=O) groups is 1. The third-order valence-corrected chi connectivity index (χ3v) is 2.18. The summed E-state index contributed by atoms with van der Waals surface area (Å²) in [6.07, 6.45) is 0. The first-order valence-electron chi connectivity index (χ1n) is 4.77. The number of carbonyl (C=O) groups excluding carboxylic acids is 1. The lowest BCUT2D eigenvalue weighted by atomic mass is 10.1. The van der Waals surface area contributed by atoms with Gasteiger partial charge in [0, 0.05) is 12.1 Å². The van der Waals surface area contributed by atoms with Gasteiger partial charge < -0.3 is 4.74 Å². The topological polar surface area (TPSA) is 29.5 Å². The van der Waals surface area contributed by atoms with Gasteiger partial charge in [-0.3, -0.25) is 9.69 Å². The molecular formula is C11H25NO2. The SMILES string of the molecule is C.COC(=O)[C@@H](C)N(C(C)C)C(C)C. The second kappa shape index (κ2) is 6.82. The molecule has 0 aliphatic heterocycles. The van der Waals surface area contributed by atoms with Crippen LogP contribution < -0.4 is 0 Å². The van der Waals surface area contributed by atoms with Gasteiger partial charge in [-0.25, -0.2) is 0 Å². The highest BCUT2D eigenvalue weighted by atomic mass is 16.5. The first-order chi connectivity index (χ1) is 5.91. The van der Waals surface area contributed by atoms with E-state index in [0.29, 0.717) is 12.1 Å². The smallest absolute Gasteiger partial charge is 0.322 e. The number of hydrogen-bond acceptors (Lipinski definition) is 3. The van der Waals surface area contributed by atoms with E-state index >= 15 is 0 Å². The highest BCUT2D eigenvalue weighted by molar-refractivity contribution is 5.75. The molecule has 0 amide bonds. The van der Waals surface area contributed by atoms with Gasteiger partial charge in [0.1, 0.15) is 6.04 Å². The van der Waals surface area contributed by atoms with E-state index in [-0.39, 0.29) is 19.4 Å². The Kier molecular flexibility index (Phi) is 7.74. The molecule has 0 saturated carbocycles. The summed E-state index contributed by atoms with van der Waals surface area (Å²) in [5.74, 6) is -0.164. The zero-order chi connectivity index (χ0) is 10.6. The third kappa shape index (κ3) is 4.09. The van der Waals surface area contributed by atoms with Crippen molar-refractivity contribution in [2.75, 3.05) is 7.11 Å². The van der Waals surface area contributed by atoms with Crippen LogP contribution in [0.2, 0.25) is 0 Å². The Hall–Kier alpha value is -0.570. The fourth-order valence-electron chi connectivity index (χ4n) is 1.78. The molecule has 0 aromatic carbocycles. The molecule has 0 aromatic rings. The number of esters is 1. The van der Waals surface area contributed by atoms with Crippen molar-refractivity contribution in [1.82, 2.24) is 4.90 Å². The number of ether oxygens (including phenoxy) is 1. The Morgan fingerprint density at radius 1 is 1.07 bits per heavy atom. The molecule has 0 spiro atoms. The summed E-state index contributed by atoms with van der Waals surface area (Å²) in [4.78, 5) is 13.4.